The molecule has 6 heteroatoms. The average molecular weight is 240 g/mol. The second-order valence-electron chi connectivity index (χ2n) is 3.98. The number of aliphatic carboxylic acids is 1. The van der Waals surface area contributed by atoms with Crippen molar-refractivity contribution in [2.75, 3.05) is 0 Å². The molecule has 2 aromatic rings. The van der Waals surface area contributed by atoms with Crippen LogP contribution >= 0.6 is 11.6 Å². The molecule has 0 bridgehead atoms. The standard InChI is InChI=1S/C10H10ClN3O2/c1-10(2,9(15)16)14-5-13-7-3-6(11)4-12-8(7)14/h3-5H,1-2H3,(H,15,16). The van der Waals surface area contributed by atoms with Gasteiger partial charge in [0.1, 0.15) is 11.1 Å². The number of halogens is 1. The van der Waals surface area contributed by atoms with Crippen molar-refractivity contribution in [3.63, 3.8) is 0 Å². The third-order valence-corrected chi connectivity index (χ3v) is 2.69. The van der Waals surface area contributed by atoms with Gasteiger partial charge in [0.25, 0.3) is 0 Å². The van der Waals surface area contributed by atoms with Crippen molar-refractivity contribution in [2.24, 2.45) is 0 Å². The maximum Gasteiger partial charge on any atom is 0.329 e. The van der Waals surface area contributed by atoms with E-state index in [4.69, 9.17) is 16.7 Å². The molecule has 2 rings (SSSR count). The zero-order valence-corrected chi connectivity index (χ0v) is 9.56. The number of carboxylic acid groups (broad SMARTS) is 1. The lowest BCUT2D eigenvalue weighted by atomic mass is 10.1. The molecule has 0 saturated heterocycles. The Hall–Kier alpha value is -1.62. The predicted octanol–water partition coefficient (Wildman–Crippen LogP) is 1.90. The van der Waals surface area contributed by atoms with E-state index in [-0.39, 0.29) is 0 Å². The first-order chi connectivity index (χ1) is 7.43. The van der Waals surface area contributed by atoms with Gasteiger partial charge in [-0.1, -0.05) is 11.6 Å². The molecule has 0 saturated carbocycles. The van der Waals surface area contributed by atoms with Gasteiger partial charge in [-0.3, -0.25) is 4.57 Å². The monoisotopic (exact) mass is 239 g/mol. The molecule has 0 aliphatic heterocycles. The lowest BCUT2D eigenvalue weighted by molar-refractivity contribution is -0.145. The molecular weight excluding hydrogens is 230 g/mol. The molecule has 0 atom stereocenters. The van der Waals surface area contributed by atoms with E-state index < -0.39 is 11.5 Å². The van der Waals surface area contributed by atoms with Gasteiger partial charge < -0.3 is 5.11 Å². The van der Waals surface area contributed by atoms with Crippen LogP contribution in [0.1, 0.15) is 13.8 Å². The van der Waals surface area contributed by atoms with E-state index in [1.807, 2.05) is 0 Å². The molecule has 84 valence electrons. The highest BCUT2D eigenvalue weighted by molar-refractivity contribution is 6.31. The number of fused-ring (bicyclic) bond motifs is 1. The minimum Gasteiger partial charge on any atom is -0.480 e. The molecule has 0 unspecified atom stereocenters. The minimum atomic E-state index is -1.09. The van der Waals surface area contributed by atoms with E-state index in [0.717, 1.165) is 0 Å². The quantitative estimate of drug-likeness (QED) is 0.869. The van der Waals surface area contributed by atoms with Crippen LogP contribution in [-0.4, -0.2) is 25.6 Å². The summed E-state index contributed by atoms with van der Waals surface area (Å²) in [5, 5.41) is 9.60. The number of carboxylic acids is 1. The van der Waals surface area contributed by atoms with Crippen LogP contribution in [0.3, 0.4) is 0 Å². The maximum atomic E-state index is 11.1. The molecular formula is C10H10ClN3O2. The summed E-state index contributed by atoms with van der Waals surface area (Å²) >= 11 is 5.78. The van der Waals surface area contributed by atoms with Crippen molar-refractivity contribution >= 4 is 28.7 Å². The Morgan fingerprint density at radius 3 is 2.81 bits per heavy atom. The Morgan fingerprint density at radius 1 is 1.50 bits per heavy atom. The highest BCUT2D eigenvalue weighted by atomic mass is 35.5. The van der Waals surface area contributed by atoms with Crippen molar-refractivity contribution in [2.45, 2.75) is 19.4 Å². The first-order valence-corrected chi connectivity index (χ1v) is 5.03. The van der Waals surface area contributed by atoms with Crippen LogP contribution < -0.4 is 0 Å². The SMILES string of the molecule is CC(C)(C(=O)O)n1cnc2cc(Cl)cnc21. The van der Waals surface area contributed by atoms with E-state index >= 15 is 0 Å². The van der Waals surface area contributed by atoms with Crippen LogP contribution in [0, 0.1) is 0 Å². The van der Waals surface area contributed by atoms with E-state index in [9.17, 15) is 4.79 Å². The zero-order valence-electron chi connectivity index (χ0n) is 8.81. The Bertz CT molecular complexity index is 562. The van der Waals surface area contributed by atoms with Crippen LogP contribution in [0.15, 0.2) is 18.6 Å². The van der Waals surface area contributed by atoms with Crippen molar-refractivity contribution in [3.8, 4) is 0 Å². The van der Waals surface area contributed by atoms with Crippen LogP contribution in [0.5, 0.6) is 0 Å². The minimum absolute atomic E-state index is 0.478. The second-order valence-corrected chi connectivity index (χ2v) is 4.41. The fraction of sp³-hybridized carbons (Fsp3) is 0.300. The molecule has 0 aliphatic rings. The number of rotatable bonds is 2. The fourth-order valence-corrected chi connectivity index (χ4v) is 1.54. The van der Waals surface area contributed by atoms with Crippen LogP contribution in [-0.2, 0) is 10.3 Å². The molecule has 0 aliphatic carbocycles. The van der Waals surface area contributed by atoms with E-state index in [1.165, 1.54) is 17.1 Å². The number of carbonyl (C=O) groups is 1. The highest BCUT2D eigenvalue weighted by Crippen LogP contribution is 2.22. The second kappa shape index (κ2) is 3.45. The number of nitrogens with zero attached hydrogens (tertiary/aromatic N) is 3. The molecule has 5 nitrogen and oxygen atoms in total. The van der Waals surface area contributed by atoms with Gasteiger partial charge in [-0.2, -0.15) is 0 Å². The summed E-state index contributed by atoms with van der Waals surface area (Å²) in [6.45, 7) is 3.18. The van der Waals surface area contributed by atoms with Gasteiger partial charge in [-0.05, 0) is 19.9 Å². The van der Waals surface area contributed by atoms with Gasteiger partial charge in [0.2, 0.25) is 0 Å². The van der Waals surface area contributed by atoms with Crippen molar-refractivity contribution in [1.82, 2.24) is 14.5 Å². The largest absolute Gasteiger partial charge is 0.480 e. The summed E-state index contributed by atoms with van der Waals surface area (Å²) in [5.41, 5.74) is 0.00823. The number of hydrogen-bond acceptors (Lipinski definition) is 3. The van der Waals surface area contributed by atoms with Crippen molar-refractivity contribution < 1.29 is 9.90 Å². The van der Waals surface area contributed by atoms with Gasteiger partial charge in [0.15, 0.2) is 5.65 Å². The first-order valence-electron chi connectivity index (χ1n) is 4.65. The van der Waals surface area contributed by atoms with Crippen molar-refractivity contribution in [1.29, 1.82) is 0 Å². The normalized spacial score (nSPS) is 11.9. The molecule has 0 radical (unpaired) electrons. The van der Waals surface area contributed by atoms with Gasteiger partial charge in [0, 0.05) is 6.20 Å². The molecule has 1 N–H and O–H groups in total. The first kappa shape index (κ1) is 10.9. The topological polar surface area (TPSA) is 68.0 Å². The Kier molecular flexibility index (Phi) is 2.35. The summed E-state index contributed by atoms with van der Waals surface area (Å²) in [6, 6.07) is 1.65. The molecule has 0 amide bonds. The maximum absolute atomic E-state index is 11.1. The van der Waals surface area contributed by atoms with E-state index in [2.05, 4.69) is 9.97 Å². The number of aromatic nitrogens is 3. The smallest absolute Gasteiger partial charge is 0.329 e. The van der Waals surface area contributed by atoms with Crippen LogP contribution in [0.2, 0.25) is 5.02 Å². The van der Waals surface area contributed by atoms with Gasteiger partial charge in [-0.25, -0.2) is 14.8 Å². The third-order valence-electron chi connectivity index (χ3n) is 2.48. The Labute approximate surface area is 96.7 Å². The molecule has 0 aromatic carbocycles. The van der Waals surface area contributed by atoms with Crippen LogP contribution in [0.4, 0.5) is 0 Å². The average Bonchev–Trinajstić information content (AvgIpc) is 2.60. The zero-order chi connectivity index (χ0) is 11.9. The van der Waals surface area contributed by atoms with Gasteiger partial charge >= 0.3 is 5.97 Å². The summed E-state index contributed by atoms with van der Waals surface area (Å²) in [7, 11) is 0. The number of hydrogen-bond donors (Lipinski definition) is 1. The Balaban J connectivity index is 2.67. The Morgan fingerprint density at radius 2 is 2.19 bits per heavy atom. The molecule has 2 heterocycles. The summed E-state index contributed by atoms with van der Waals surface area (Å²) < 4.78 is 1.51. The molecule has 16 heavy (non-hydrogen) atoms. The third kappa shape index (κ3) is 1.53. The predicted molar refractivity (Wildman–Crippen MR) is 59.5 cm³/mol. The lowest BCUT2D eigenvalue weighted by Gasteiger charge is -2.21. The molecule has 2 aromatic heterocycles. The number of pyridine rings is 1. The van der Waals surface area contributed by atoms with Gasteiger partial charge in [0.05, 0.1) is 11.3 Å². The fourth-order valence-electron chi connectivity index (χ4n) is 1.39. The summed E-state index contributed by atoms with van der Waals surface area (Å²) in [5.74, 6) is -0.941. The molecule has 0 spiro atoms. The number of imidazole rings is 1. The van der Waals surface area contributed by atoms with Crippen LogP contribution in [0.25, 0.3) is 11.2 Å². The molecule has 0 fully saturated rings. The summed E-state index contributed by atoms with van der Waals surface area (Å²) in [6.07, 6.45) is 2.93. The van der Waals surface area contributed by atoms with E-state index in [0.29, 0.717) is 16.2 Å². The van der Waals surface area contributed by atoms with Crippen molar-refractivity contribution in [3.05, 3.63) is 23.6 Å². The lowest BCUT2D eigenvalue weighted by Crippen LogP contribution is -2.35. The van der Waals surface area contributed by atoms with Gasteiger partial charge in [-0.15, -0.1) is 0 Å². The highest BCUT2D eigenvalue weighted by Gasteiger charge is 2.31. The van der Waals surface area contributed by atoms with E-state index in [1.54, 1.807) is 19.9 Å². The summed E-state index contributed by atoms with van der Waals surface area (Å²) in [4.78, 5) is 19.3.